The lowest BCUT2D eigenvalue weighted by Crippen LogP contribution is -2.31. The van der Waals surface area contributed by atoms with Gasteiger partial charge in [-0.15, -0.1) is 0 Å². The SMILES string of the molecule is CCN(c1ccc(OCC(=O)N[C@H](C)c2ccc(OC)c(OC)c2)cc1)S(=O)(=O)c1ccccc1. The van der Waals surface area contributed by atoms with Crippen LogP contribution in [0, 0.1) is 0 Å². The average Bonchev–Trinajstić information content (AvgIpc) is 2.88. The Morgan fingerprint density at radius 3 is 2.20 bits per heavy atom. The van der Waals surface area contributed by atoms with Crippen LogP contribution in [0.15, 0.2) is 77.7 Å². The quantitative estimate of drug-likeness (QED) is 0.426. The molecular formula is C26H30N2O6S. The minimum absolute atomic E-state index is 0.184. The predicted molar refractivity (Wildman–Crippen MR) is 135 cm³/mol. The number of rotatable bonds is 11. The number of carbonyl (C=O) groups is 1. The first-order valence-electron chi connectivity index (χ1n) is 11.1. The lowest BCUT2D eigenvalue weighted by molar-refractivity contribution is -0.123. The summed E-state index contributed by atoms with van der Waals surface area (Å²) in [6.45, 7) is 3.72. The fourth-order valence-electron chi connectivity index (χ4n) is 3.56. The number of carbonyl (C=O) groups excluding carboxylic acids is 1. The summed E-state index contributed by atoms with van der Waals surface area (Å²) >= 11 is 0. The molecule has 8 nitrogen and oxygen atoms in total. The Morgan fingerprint density at radius 2 is 1.60 bits per heavy atom. The van der Waals surface area contributed by atoms with Crippen LogP contribution in [0.3, 0.4) is 0 Å². The predicted octanol–water partition coefficient (Wildman–Crippen LogP) is 4.18. The van der Waals surface area contributed by atoms with Gasteiger partial charge in [0, 0.05) is 6.54 Å². The molecule has 0 fully saturated rings. The van der Waals surface area contributed by atoms with E-state index in [1.807, 2.05) is 19.1 Å². The van der Waals surface area contributed by atoms with E-state index >= 15 is 0 Å². The number of nitrogens with zero attached hydrogens (tertiary/aromatic N) is 1. The standard InChI is InChI=1S/C26H30N2O6S/c1-5-28(35(30,31)23-9-7-6-8-10-23)21-12-14-22(15-13-21)34-18-26(29)27-19(2)20-11-16-24(32-3)25(17-20)33-4/h6-17,19H,5,18H2,1-4H3,(H,27,29)/t19-/m1/s1. The maximum atomic E-state index is 13.0. The smallest absolute Gasteiger partial charge is 0.264 e. The van der Waals surface area contributed by atoms with Crippen LogP contribution in [-0.2, 0) is 14.8 Å². The van der Waals surface area contributed by atoms with Gasteiger partial charge in [0.2, 0.25) is 0 Å². The van der Waals surface area contributed by atoms with Crippen molar-refractivity contribution in [2.75, 3.05) is 31.7 Å². The summed E-state index contributed by atoms with van der Waals surface area (Å²) in [6.07, 6.45) is 0. The fraction of sp³-hybridized carbons (Fsp3) is 0.269. The molecule has 0 aliphatic carbocycles. The minimum atomic E-state index is -3.68. The Morgan fingerprint density at radius 1 is 0.943 bits per heavy atom. The van der Waals surface area contributed by atoms with Crippen molar-refractivity contribution in [1.29, 1.82) is 0 Å². The largest absolute Gasteiger partial charge is 0.493 e. The Kier molecular flexibility index (Phi) is 8.59. The molecule has 0 radical (unpaired) electrons. The zero-order valence-electron chi connectivity index (χ0n) is 20.2. The Balaban J connectivity index is 1.60. The molecule has 0 spiro atoms. The molecule has 1 N–H and O–H groups in total. The maximum Gasteiger partial charge on any atom is 0.264 e. The Bertz CT molecular complexity index is 1230. The Labute approximate surface area is 206 Å². The topological polar surface area (TPSA) is 94.2 Å². The van der Waals surface area contributed by atoms with Crippen molar-refractivity contribution in [3.8, 4) is 17.2 Å². The molecule has 0 saturated heterocycles. The molecule has 3 aromatic carbocycles. The van der Waals surface area contributed by atoms with Gasteiger partial charge in [0.05, 0.1) is 30.8 Å². The van der Waals surface area contributed by atoms with Gasteiger partial charge in [0.15, 0.2) is 18.1 Å². The van der Waals surface area contributed by atoms with Gasteiger partial charge in [-0.25, -0.2) is 8.42 Å². The summed E-state index contributed by atoms with van der Waals surface area (Å²) in [4.78, 5) is 12.6. The highest BCUT2D eigenvalue weighted by Gasteiger charge is 2.23. The molecule has 1 atom stereocenters. The molecule has 35 heavy (non-hydrogen) atoms. The van der Waals surface area contributed by atoms with Crippen molar-refractivity contribution in [2.45, 2.75) is 24.8 Å². The number of hydrogen-bond acceptors (Lipinski definition) is 6. The number of sulfonamides is 1. The van der Waals surface area contributed by atoms with Crippen molar-refractivity contribution in [3.05, 3.63) is 78.4 Å². The molecule has 3 aromatic rings. The van der Waals surface area contributed by atoms with Crippen LogP contribution < -0.4 is 23.8 Å². The van der Waals surface area contributed by atoms with E-state index < -0.39 is 10.0 Å². The van der Waals surface area contributed by atoms with Crippen molar-refractivity contribution in [3.63, 3.8) is 0 Å². The monoisotopic (exact) mass is 498 g/mol. The summed E-state index contributed by atoms with van der Waals surface area (Å²) in [5.41, 5.74) is 1.37. The van der Waals surface area contributed by atoms with Crippen LogP contribution in [0.1, 0.15) is 25.5 Å². The van der Waals surface area contributed by atoms with E-state index in [1.165, 1.54) is 4.31 Å². The number of hydrogen-bond donors (Lipinski definition) is 1. The van der Waals surface area contributed by atoms with Crippen molar-refractivity contribution < 1.29 is 27.4 Å². The summed E-state index contributed by atoms with van der Waals surface area (Å²) < 4.78 is 43.5. The first-order chi connectivity index (χ1) is 16.8. The van der Waals surface area contributed by atoms with Crippen LogP contribution in [0.5, 0.6) is 17.2 Å². The summed E-state index contributed by atoms with van der Waals surface area (Å²) in [5, 5.41) is 2.88. The second-order valence-corrected chi connectivity index (χ2v) is 9.53. The highest BCUT2D eigenvalue weighted by atomic mass is 32.2. The summed E-state index contributed by atoms with van der Waals surface area (Å²) in [7, 11) is -0.560. The second-order valence-electron chi connectivity index (χ2n) is 7.67. The first-order valence-corrected chi connectivity index (χ1v) is 12.6. The lowest BCUT2D eigenvalue weighted by atomic mass is 10.1. The van der Waals surface area contributed by atoms with Gasteiger partial charge in [-0.3, -0.25) is 9.10 Å². The molecule has 0 bridgehead atoms. The number of methoxy groups -OCH3 is 2. The highest BCUT2D eigenvalue weighted by molar-refractivity contribution is 7.92. The van der Waals surface area contributed by atoms with E-state index in [1.54, 1.807) is 81.8 Å². The maximum absolute atomic E-state index is 13.0. The third-order valence-corrected chi connectivity index (χ3v) is 7.32. The third kappa shape index (κ3) is 6.24. The molecule has 0 heterocycles. The van der Waals surface area contributed by atoms with Crippen molar-refractivity contribution in [1.82, 2.24) is 5.32 Å². The van der Waals surface area contributed by atoms with Crippen LogP contribution in [0.2, 0.25) is 0 Å². The molecule has 9 heteroatoms. The van der Waals surface area contributed by atoms with E-state index in [4.69, 9.17) is 14.2 Å². The molecule has 0 saturated carbocycles. The van der Waals surface area contributed by atoms with E-state index in [0.717, 1.165) is 5.56 Å². The lowest BCUT2D eigenvalue weighted by Gasteiger charge is -2.23. The molecule has 0 aliphatic rings. The van der Waals surface area contributed by atoms with Crippen molar-refractivity contribution in [2.24, 2.45) is 0 Å². The van der Waals surface area contributed by atoms with E-state index in [9.17, 15) is 13.2 Å². The van der Waals surface area contributed by atoms with Crippen molar-refractivity contribution >= 4 is 21.6 Å². The van der Waals surface area contributed by atoms with Crippen LogP contribution in [0.25, 0.3) is 0 Å². The number of ether oxygens (including phenoxy) is 3. The van der Waals surface area contributed by atoms with Gasteiger partial charge in [0.25, 0.3) is 15.9 Å². The summed E-state index contributed by atoms with van der Waals surface area (Å²) in [6, 6.07) is 20.1. The van der Waals surface area contributed by atoms with Gasteiger partial charge in [-0.2, -0.15) is 0 Å². The first kappa shape index (κ1) is 25.9. The van der Waals surface area contributed by atoms with Gasteiger partial charge in [-0.1, -0.05) is 24.3 Å². The van der Waals surface area contributed by atoms with Gasteiger partial charge < -0.3 is 19.5 Å². The number of anilines is 1. The van der Waals surface area contributed by atoms with Gasteiger partial charge >= 0.3 is 0 Å². The Hall–Kier alpha value is -3.72. The van der Waals surface area contributed by atoms with Crippen LogP contribution in [0.4, 0.5) is 5.69 Å². The van der Waals surface area contributed by atoms with E-state index in [-0.39, 0.29) is 30.0 Å². The molecule has 0 unspecified atom stereocenters. The summed E-state index contributed by atoms with van der Waals surface area (Å²) in [5.74, 6) is 1.35. The molecule has 0 aliphatic heterocycles. The second kappa shape index (κ2) is 11.6. The minimum Gasteiger partial charge on any atom is -0.493 e. The van der Waals surface area contributed by atoms with Gasteiger partial charge in [-0.05, 0) is 67.9 Å². The number of amides is 1. The zero-order chi connectivity index (χ0) is 25.4. The molecule has 1 amide bonds. The van der Waals surface area contributed by atoms with E-state index in [0.29, 0.717) is 22.9 Å². The van der Waals surface area contributed by atoms with Crippen LogP contribution in [-0.4, -0.2) is 41.7 Å². The molecule has 0 aromatic heterocycles. The number of nitrogens with one attached hydrogen (secondary N) is 1. The zero-order valence-corrected chi connectivity index (χ0v) is 21.0. The molecular weight excluding hydrogens is 468 g/mol. The fourth-order valence-corrected chi connectivity index (χ4v) is 5.05. The van der Waals surface area contributed by atoms with E-state index in [2.05, 4.69) is 5.32 Å². The average molecular weight is 499 g/mol. The molecule has 3 rings (SSSR count). The third-order valence-electron chi connectivity index (χ3n) is 5.40. The number of benzene rings is 3. The van der Waals surface area contributed by atoms with Gasteiger partial charge in [0.1, 0.15) is 5.75 Å². The highest BCUT2D eigenvalue weighted by Crippen LogP contribution is 2.30. The van der Waals surface area contributed by atoms with Crippen LogP contribution >= 0.6 is 0 Å². The molecule has 186 valence electrons. The normalized spacial score (nSPS) is 11.9.